The SMILES string of the molecule is CN(C(=O)Nc1ccc(/C(=C/CCCC(=O)O)c2cccnc2)cc1)c1ccccc1. The lowest BCUT2D eigenvalue weighted by Crippen LogP contribution is -2.31. The predicted molar refractivity (Wildman–Crippen MR) is 123 cm³/mol. The molecule has 158 valence electrons. The summed E-state index contributed by atoms with van der Waals surface area (Å²) in [6.45, 7) is 0. The minimum absolute atomic E-state index is 0.136. The number of rotatable bonds is 8. The Kier molecular flexibility index (Phi) is 7.54. The number of anilines is 2. The second kappa shape index (κ2) is 10.7. The van der Waals surface area contributed by atoms with E-state index < -0.39 is 5.97 Å². The second-order valence-electron chi connectivity index (χ2n) is 7.05. The van der Waals surface area contributed by atoms with Gasteiger partial charge in [0.25, 0.3) is 0 Å². The van der Waals surface area contributed by atoms with E-state index in [-0.39, 0.29) is 12.5 Å². The summed E-state index contributed by atoms with van der Waals surface area (Å²) in [5.74, 6) is -0.795. The van der Waals surface area contributed by atoms with E-state index in [1.165, 1.54) is 0 Å². The van der Waals surface area contributed by atoms with Crippen molar-refractivity contribution < 1.29 is 14.7 Å². The predicted octanol–water partition coefficient (Wildman–Crippen LogP) is 5.44. The number of hydrogen-bond acceptors (Lipinski definition) is 3. The Morgan fingerprint density at radius 1 is 1.00 bits per heavy atom. The Labute approximate surface area is 181 Å². The molecule has 2 N–H and O–H groups in total. The van der Waals surface area contributed by atoms with Crippen LogP contribution in [0.5, 0.6) is 0 Å². The van der Waals surface area contributed by atoms with Crippen molar-refractivity contribution in [1.82, 2.24) is 4.98 Å². The van der Waals surface area contributed by atoms with Gasteiger partial charge in [0, 0.05) is 42.8 Å². The molecule has 6 heteroatoms. The number of carbonyl (C=O) groups excluding carboxylic acids is 1. The van der Waals surface area contributed by atoms with Gasteiger partial charge in [-0.2, -0.15) is 0 Å². The number of carboxylic acid groups (broad SMARTS) is 1. The molecule has 3 aromatic rings. The molecule has 0 saturated heterocycles. The Hall–Kier alpha value is -3.93. The maximum atomic E-state index is 12.5. The van der Waals surface area contributed by atoms with E-state index in [0.29, 0.717) is 18.5 Å². The van der Waals surface area contributed by atoms with Gasteiger partial charge in [-0.1, -0.05) is 42.5 Å². The zero-order valence-electron chi connectivity index (χ0n) is 17.4. The Balaban J connectivity index is 1.74. The Bertz CT molecular complexity index is 1030. The molecule has 0 saturated carbocycles. The number of aliphatic carboxylic acids is 1. The third kappa shape index (κ3) is 6.27. The van der Waals surface area contributed by atoms with E-state index in [1.54, 1.807) is 24.3 Å². The molecule has 3 rings (SSSR count). The molecule has 31 heavy (non-hydrogen) atoms. The van der Waals surface area contributed by atoms with Crippen molar-refractivity contribution in [2.45, 2.75) is 19.3 Å². The number of para-hydroxylation sites is 1. The lowest BCUT2D eigenvalue weighted by molar-refractivity contribution is -0.137. The molecular weight excluding hydrogens is 390 g/mol. The minimum atomic E-state index is -0.795. The molecule has 0 aliphatic heterocycles. The van der Waals surface area contributed by atoms with Crippen LogP contribution >= 0.6 is 0 Å². The van der Waals surface area contributed by atoms with Crippen molar-refractivity contribution in [1.29, 1.82) is 0 Å². The first-order chi connectivity index (χ1) is 15.0. The number of urea groups is 1. The van der Waals surface area contributed by atoms with Gasteiger partial charge in [0.05, 0.1) is 0 Å². The number of nitrogens with zero attached hydrogens (tertiary/aromatic N) is 2. The van der Waals surface area contributed by atoms with Gasteiger partial charge in [-0.25, -0.2) is 4.79 Å². The van der Waals surface area contributed by atoms with Crippen LogP contribution in [-0.4, -0.2) is 29.1 Å². The van der Waals surface area contributed by atoms with Gasteiger partial charge in [-0.15, -0.1) is 0 Å². The van der Waals surface area contributed by atoms with E-state index in [4.69, 9.17) is 5.11 Å². The van der Waals surface area contributed by atoms with Crippen LogP contribution in [0.15, 0.2) is 85.2 Å². The van der Waals surface area contributed by atoms with Crippen molar-refractivity contribution in [3.8, 4) is 0 Å². The van der Waals surface area contributed by atoms with Gasteiger partial charge in [-0.05, 0) is 54.3 Å². The molecule has 1 heterocycles. The monoisotopic (exact) mass is 415 g/mol. The quantitative estimate of drug-likeness (QED) is 0.480. The number of amides is 2. The van der Waals surface area contributed by atoms with E-state index in [9.17, 15) is 9.59 Å². The van der Waals surface area contributed by atoms with Crippen LogP contribution in [0.1, 0.15) is 30.4 Å². The molecule has 0 aliphatic carbocycles. The molecule has 0 aliphatic rings. The Morgan fingerprint density at radius 2 is 1.74 bits per heavy atom. The first-order valence-corrected chi connectivity index (χ1v) is 10.1. The number of pyridine rings is 1. The molecule has 0 spiro atoms. The smallest absolute Gasteiger partial charge is 0.326 e. The third-order valence-electron chi connectivity index (χ3n) is 4.81. The molecule has 0 fully saturated rings. The highest BCUT2D eigenvalue weighted by Gasteiger charge is 2.11. The lowest BCUT2D eigenvalue weighted by Gasteiger charge is -2.18. The zero-order valence-corrected chi connectivity index (χ0v) is 17.4. The van der Waals surface area contributed by atoms with E-state index in [1.807, 2.05) is 72.8 Å². The van der Waals surface area contributed by atoms with Crippen molar-refractivity contribution in [2.24, 2.45) is 0 Å². The van der Waals surface area contributed by atoms with Gasteiger partial charge in [-0.3, -0.25) is 14.7 Å². The summed E-state index contributed by atoms with van der Waals surface area (Å²) < 4.78 is 0. The molecule has 0 radical (unpaired) electrons. The summed E-state index contributed by atoms with van der Waals surface area (Å²) in [5, 5.41) is 11.8. The van der Waals surface area contributed by atoms with Crippen LogP contribution in [0.25, 0.3) is 5.57 Å². The molecule has 0 unspecified atom stereocenters. The third-order valence-corrected chi connectivity index (χ3v) is 4.81. The number of allylic oxidation sites excluding steroid dienone is 1. The number of carbonyl (C=O) groups is 2. The molecule has 2 amide bonds. The molecular formula is C25H25N3O3. The number of aromatic nitrogens is 1. The summed E-state index contributed by atoms with van der Waals surface area (Å²) >= 11 is 0. The zero-order chi connectivity index (χ0) is 22.1. The maximum Gasteiger partial charge on any atom is 0.326 e. The second-order valence-corrected chi connectivity index (χ2v) is 7.05. The highest BCUT2D eigenvalue weighted by atomic mass is 16.4. The van der Waals surface area contributed by atoms with Gasteiger partial charge < -0.3 is 10.4 Å². The number of unbranched alkanes of at least 4 members (excludes halogenated alkanes) is 1. The fourth-order valence-electron chi connectivity index (χ4n) is 3.13. The van der Waals surface area contributed by atoms with E-state index in [2.05, 4.69) is 10.3 Å². The van der Waals surface area contributed by atoms with Gasteiger partial charge in [0.1, 0.15) is 0 Å². The summed E-state index contributed by atoms with van der Waals surface area (Å²) in [6, 6.07) is 20.6. The van der Waals surface area contributed by atoms with Gasteiger partial charge in [0.15, 0.2) is 0 Å². The van der Waals surface area contributed by atoms with Crippen molar-refractivity contribution in [3.63, 3.8) is 0 Å². The fourth-order valence-corrected chi connectivity index (χ4v) is 3.13. The molecule has 6 nitrogen and oxygen atoms in total. The van der Waals surface area contributed by atoms with E-state index in [0.717, 1.165) is 22.4 Å². The van der Waals surface area contributed by atoms with Crippen LogP contribution in [0.4, 0.5) is 16.2 Å². The highest BCUT2D eigenvalue weighted by molar-refractivity contribution is 6.01. The largest absolute Gasteiger partial charge is 0.481 e. The summed E-state index contributed by atoms with van der Waals surface area (Å²) in [7, 11) is 1.72. The van der Waals surface area contributed by atoms with Crippen LogP contribution in [0, 0.1) is 0 Å². The standard InChI is InChI=1S/C25H25N3O3/c1-28(22-9-3-2-4-10-22)25(31)27-21-15-13-19(14-16-21)23(11-5-6-12-24(29)30)20-8-7-17-26-18-20/h2-4,7-11,13-18H,5-6,12H2,1H3,(H,27,31)(H,29,30)/b23-11-. The van der Waals surface area contributed by atoms with Gasteiger partial charge in [0.2, 0.25) is 0 Å². The van der Waals surface area contributed by atoms with Crippen LogP contribution < -0.4 is 10.2 Å². The van der Waals surface area contributed by atoms with Crippen molar-refractivity contribution in [3.05, 3.63) is 96.3 Å². The summed E-state index contributed by atoms with van der Waals surface area (Å²) in [6.07, 6.45) is 6.89. The number of hydrogen-bond donors (Lipinski definition) is 2. The van der Waals surface area contributed by atoms with Gasteiger partial charge >= 0.3 is 12.0 Å². The molecule has 2 aromatic carbocycles. The molecule has 1 aromatic heterocycles. The first-order valence-electron chi connectivity index (χ1n) is 10.1. The lowest BCUT2D eigenvalue weighted by atomic mass is 9.97. The van der Waals surface area contributed by atoms with Crippen LogP contribution in [0.2, 0.25) is 0 Å². The normalized spacial score (nSPS) is 11.1. The average Bonchev–Trinajstić information content (AvgIpc) is 2.80. The molecule has 0 atom stereocenters. The Morgan fingerprint density at radius 3 is 2.39 bits per heavy atom. The number of carboxylic acids is 1. The molecule has 0 bridgehead atoms. The van der Waals surface area contributed by atoms with Crippen molar-refractivity contribution >= 4 is 28.9 Å². The van der Waals surface area contributed by atoms with Crippen molar-refractivity contribution in [2.75, 3.05) is 17.3 Å². The van der Waals surface area contributed by atoms with Crippen LogP contribution in [0.3, 0.4) is 0 Å². The topological polar surface area (TPSA) is 82.5 Å². The maximum absolute atomic E-state index is 12.5. The highest BCUT2D eigenvalue weighted by Crippen LogP contribution is 2.25. The first kappa shape index (κ1) is 21.8. The average molecular weight is 415 g/mol. The minimum Gasteiger partial charge on any atom is -0.481 e. The van der Waals surface area contributed by atoms with Crippen LogP contribution in [-0.2, 0) is 4.79 Å². The summed E-state index contributed by atoms with van der Waals surface area (Å²) in [5.41, 5.74) is 4.40. The number of nitrogens with one attached hydrogen (secondary N) is 1. The van der Waals surface area contributed by atoms with E-state index >= 15 is 0 Å². The number of benzene rings is 2. The summed E-state index contributed by atoms with van der Waals surface area (Å²) in [4.78, 5) is 29.1. The fraction of sp³-hybridized carbons (Fsp3) is 0.160.